The van der Waals surface area contributed by atoms with E-state index >= 15 is 0 Å². The van der Waals surface area contributed by atoms with E-state index in [-0.39, 0.29) is 6.10 Å². The average molecular weight is 257 g/mol. The predicted octanol–water partition coefficient (Wildman–Crippen LogP) is 2.61. The van der Waals surface area contributed by atoms with Crippen LogP contribution in [0.4, 0.5) is 0 Å². The van der Waals surface area contributed by atoms with Crippen LogP contribution in [0.2, 0.25) is 0 Å². The molecule has 0 aromatic rings. The van der Waals surface area contributed by atoms with Crippen molar-refractivity contribution < 1.29 is 5.11 Å². The molecule has 2 nitrogen and oxygen atoms in total. The smallest absolute Gasteiger partial charge is 0.0734 e. The highest BCUT2D eigenvalue weighted by Gasteiger charge is 2.36. The van der Waals surface area contributed by atoms with Gasteiger partial charge in [-0.25, -0.2) is 0 Å². The Kier molecular flexibility index (Phi) is 5.19. The zero-order valence-corrected chi connectivity index (χ0v) is 12.1. The van der Waals surface area contributed by atoms with Crippen LogP contribution < -0.4 is 0 Å². The van der Waals surface area contributed by atoms with Gasteiger partial charge in [-0.1, -0.05) is 32.6 Å². The van der Waals surface area contributed by atoms with Gasteiger partial charge in [-0.05, 0) is 25.3 Å². The quantitative estimate of drug-likeness (QED) is 0.841. The summed E-state index contributed by atoms with van der Waals surface area (Å²) in [5.74, 6) is 3.66. The first-order valence-electron chi connectivity index (χ1n) is 7.20. The summed E-state index contributed by atoms with van der Waals surface area (Å²) in [7, 11) is 2.18. The van der Waals surface area contributed by atoms with Crippen molar-refractivity contribution in [2.45, 2.75) is 51.2 Å². The van der Waals surface area contributed by atoms with Crippen LogP contribution >= 0.6 is 11.8 Å². The van der Waals surface area contributed by atoms with E-state index in [1.807, 2.05) is 11.8 Å². The standard InChI is InChI=1S/C14H27NOS/c1-3-11-6-4-5-7-12(11)14(16)13-10-17-9-8-15(13)2/h11-14,16H,3-10H2,1-2H3. The van der Waals surface area contributed by atoms with Crippen molar-refractivity contribution in [2.75, 3.05) is 25.1 Å². The molecule has 1 saturated heterocycles. The predicted molar refractivity (Wildman–Crippen MR) is 75.5 cm³/mol. The van der Waals surface area contributed by atoms with Crippen LogP contribution in [0.1, 0.15) is 39.0 Å². The van der Waals surface area contributed by atoms with Gasteiger partial charge in [0.2, 0.25) is 0 Å². The van der Waals surface area contributed by atoms with Crippen molar-refractivity contribution in [2.24, 2.45) is 11.8 Å². The van der Waals surface area contributed by atoms with Crippen molar-refractivity contribution in [3.05, 3.63) is 0 Å². The van der Waals surface area contributed by atoms with Crippen LogP contribution in [-0.4, -0.2) is 47.3 Å². The van der Waals surface area contributed by atoms with Gasteiger partial charge in [-0.3, -0.25) is 4.90 Å². The van der Waals surface area contributed by atoms with Crippen LogP contribution in [-0.2, 0) is 0 Å². The largest absolute Gasteiger partial charge is 0.391 e. The highest BCUT2D eigenvalue weighted by Crippen LogP contribution is 2.37. The van der Waals surface area contributed by atoms with Crippen molar-refractivity contribution in [1.29, 1.82) is 0 Å². The van der Waals surface area contributed by atoms with Gasteiger partial charge < -0.3 is 5.11 Å². The van der Waals surface area contributed by atoms with Crippen LogP contribution in [0.3, 0.4) is 0 Å². The molecule has 0 spiro atoms. The van der Waals surface area contributed by atoms with E-state index in [1.54, 1.807) is 0 Å². The zero-order valence-electron chi connectivity index (χ0n) is 11.3. The summed E-state index contributed by atoms with van der Waals surface area (Å²) < 4.78 is 0. The SMILES string of the molecule is CCC1CCCCC1C(O)C1CSCCN1C. The Balaban J connectivity index is 1.98. The summed E-state index contributed by atoms with van der Waals surface area (Å²) in [5.41, 5.74) is 0. The lowest BCUT2D eigenvalue weighted by Gasteiger charge is -2.42. The minimum absolute atomic E-state index is 0.0990. The molecule has 1 saturated carbocycles. The second-order valence-electron chi connectivity index (χ2n) is 5.73. The average Bonchev–Trinajstić information content (AvgIpc) is 2.38. The van der Waals surface area contributed by atoms with Gasteiger partial charge >= 0.3 is 0 Å². The lowest BCUT2D eigenvalue weighted by Crippen LogP contribution is -2.51. The molecule has 1 N–H and O–H groups in total. The number of hydrogen-bond donors (Lipinski definition) is 1. The lowest BCUT2D eigenvalue weighted by atomic mass is 9.73. The van der Waals surface area contributed by atoms with Crippen LogP contribution in [0.5, 0.6) is 0 Å². The van der Waals surface area contributed by atoms with Crippen LogP contribution in [0.25, 0.3) is 0 Å². The minimum Gasteiger partial charge on any atom is -0.391 e. The van der Waals surface area contributed by atoms with Crippen LogP contribution in [0, 0.1) is 11.8 Å². The normalized spacial score (nSPS) is 37.9. The maximum atomic E-state index is 10.7. The molecule has 2 rings (SSSR count). The van der Waals surface area contributed by atoms with Gasteiger partial charge in [0, 0.05) is 24.1 Å². The van der Waals surface area contributed by atoms with Gasteiger partial charge in [-0.2, -0.15) is 11.8 Å². The Morgan fingerprint density at radius 2 is 2.12 bits per heavy atom. The fourth-order valence-electron chi connectivity index (χ4n) is 3.54. The number of likely N-dealkylation sites (N-methyl/N-ethyl adjacent to an activating group) is 1. The number of aliphatic hydroxyl groups is 1. The van der Waals surface area contributed by atoms with E-state index in [2.05, 4.69) is 18.9 Å². The molecule has 0 aromatic carbocycles. The molecular formula is C14H27NOS. The van der Waals surface area contributed by atoms with Gasteiger partial charge in [-0.15, -0.1) is 0 Å². The van der Waals surface area contributed by atoms with E-state index in [1.165, 1.54) is 37.9 Å². The first kappa shape index (κ1) is 13.7. The van der Waals surface area contributed by atoms with Crippen molar-refractivity contribution >= 4 is 11.8 Å². The van der Waals surface area contributed by atoms with Gasteiger partial charge in [0.05, 0.1) is 6.10 Å². The molecule has 3 heteroatoms. The molecule has 1 aliphatic carbocycles. The zero-order chi connectivity index (χ0) is 12.3. The number of hydrogen-bond acceptors (Lipinski definition) is 3. The van der Waals surface area contributed by atoms with E-state index in [9.17, 15) is 5.11 Å². The minimum atomic E-state index is -0.0990. The van der Waals surface area contributed by atoms with Gasteiger partial charge in [0.25, 0.3) is 0 Å². The fourth-order valence-corrected chi connectivity index (χ4v) is 4.82. The summed E-state index contributed by atoms with van der Waals surface area (Å²) in [5, 5.41) is 10.7. The molecule has 2 fully saturated rings. The molecule has 4 unspecified atom stereocenters. The van der Waals surface area contributed by atoms with E-state index < -0.39 is 0 Å². The topological polar surface area (TPSA) is 23.5 Å². The molecule has 2 aliphatic rings. The molecule has 100 valence electrons. The number of thioether (sulfide) groups is 1. The Bertz CT molecular complexity index is 236. The monoisotopic (exact) mass is 257 g/mol. The number of rotatable bonds is 3. The van der Waals surface area contributed by atoms with Gasteiger partial charge in [0.15, 0.2) is 0 Å². The summed E-state index contributed by atoms with van der Waals surface area (Å²) in [4.78, 5) is 2.38. The third-order valence-electron chi connectivity index (χ3n) is 4.77. The Morgan fingerprint density at radius 1 is 1.35 bits per heavy atom. The first-order chi connectivity index (χ1) is 8.24. The van der Waals surface area contributed by atoms with Crippen molar-refractivity contribution in [3.8, 4) is 0 Å². The van der Waals surface area contributed by atoms with E-state index in [0.29, 0.717) is 12.0 Å². The highest BCUT2D eigenvalue weighted by molar-refractivity contribution is 7.99. The number of aliphatic hydroxyl groups excluding tert-OH is 1. The maximum Gasteiger partial charge on any atom is 0.0734 e. The third-order valence-corrected chi connectivity index (χ3v) is 5.82. The molecule has 1 heterocycles. The summed E-state index contributed by atoms with van der Waals surface area (Å²) in [6.45, 7) is 3.42. The van der Waals surface area contributed by atoms with Gasteiger partial charge in [0.1, 0.15) is 0 Å². The molecule has 4 atom stereocenters. The van der Waals surface area contributed by atoms with Crippen molar-refractivity contribution in [1.82, 2.24) is 4.90 Å². The summed E-state index contributed by atoms with van der Waals surface area (Å²) in [6.07, 6.45) is 6.42. The molecule has 0 bridgehead atoms. The Morgan fingerprint density at radius 3 is 2.82 bits per heavy atom. The molecule has 0 radical (unpaired) electrons. The second-order valence-corrected chi connectivity index (χ2v) is 6.88. The molecule has 17 heavy (non-hydrogen) atoms. The highest BCUT2D eigenvalue weighted by atomic mass is 32.2. The lowest BCUT2D eigenvalue weighted by molar-refractivity contribution is -0.00816. The van der Waals surface area contributed by atoms with Crippen LogP contribution in [0.15, 0.2) is 0 Å². The number of nitrogens with zero attached hydrogens (tertiary/aromatic N) is 1. The molecular weight excluding hydrogens is 230 g/mol. The second kappa shape index (κ2) is 6.44. The molecule has 1 aliphatic heterocycles. The van der Waals surface area contributed by atoms with Crippen molar-refractivity contribution in [3.63, 3.8) is 0 Å². The Labute approximate surface area is 110 Å². The van der Waals surface area contributed by atoms with E-state index in [4.69, 9.17) is 0 Å². The Hall–Kier alpha value is 0.270. The fraction of sp³-hybridized carbons (Fsp3) is 1.00. The third kappa shape index (κ3) is 3.18. The maximum absolute atomic E-state index is 10.7. The summed E-state index contributed by atoms with van der Waals surface area (Å²) >= 11 is 2.01. The summed E-state index contributed by atoms with van der Waals surface area (Å²) in [6, 6.07) is 0.394. The first-order valence-corrected chi connectivity index (χ1v) is 8.35. The molecule has 0 amide bonds. The van der Waals surface area contributed by atoms with E-state index in [0.717, 1.165) is 18.2 Å². The molecule has 0 aromatic heterocycles.